The molecule has 0 unspecified atom stereocenters. The van der Waals surface area contributed by atoms with Gasteiger partial charge in [0, 0.05) is 33.8 Å². The molecule has 0 aromatic heterocycles. The molecule has 3 rings (SSSR count). The van der Waals surface area contributed by atoms with E-state index < -0.39 is 104 Å². The minimum Gasteiger partial charge on any atom is -0.508 e. The van der Waals surface area contributed by atoms with E-state index in [1.807, 2.05) is 0 Å². The van der Waals surface area contributed by atoms with Crippen molar-refractivity contribution in [3.63, 3.8) is 0 Å². The van der Waals surface area contributed by atoms with Crippen molar-refractivity contribution >= 4 is 35.9 Å². The van der Waals surface area contributed by atoms with Crippen LogP contribution in [-0.4, -0.2) is 125 Å². The van der Waals surface area contributed by atoms with E-state index >= 15 is 0 Å². The number of hydrogen-bond acceptors (Lipinski definition) is 17. The first-order chi connectivity index (χ1) is 21.6. The van der Waals surface area contributed by atoms with Gasteiger partial charge in [0.25, 0.3) is 0 Å². The average Bonchev–Trinajstić information content (AvgIpc) is 3.23. The molecular formula is C29H36O17. The van der Waals surface area contributed by atoms with E-state index in [1.54, 1.807) is 0 Å². The van der Waals surface area contributed by atoms with E-state index in [2.05, 4.69) is 0 Å². The van der Waals surface area contributed by atoms with Crippen LogP contribution in [0.1, 0.15) is 33.3 Å². The summed E-state index contributed by atoms with van der Waals surface area (Å²) in [7, 11) is 0. The molecule has 46 heavy (non-hydrogen) atoms. The Hall–Kier alpha value is -4.13. The molecule has 9 atom stereocenters. The van der Waals surface area contributed by atoms with Gasteiger partial charge in [0.15, 0.2) is 18.3 Å². The van der Waals surface area contributed by atoms with Gasteiger partial charge in [-0.05, 0) is 23.8 Å². The number of esters is 5. The largest absolute Gasteiger partial charge is 0.508 e. The van der Waals surface area contributed by atoms with E-state index in [0.717, 1.165) is 33.8 Å². The molecule has 1 aromatic rings. The summed E-state index contributed by atoms with van der Waals surface area (Å²) in [5.41, 5.74) is 0.488. The Balaban J connectivity index is 2.04. The third-order valence-electron chi connectivity index (χ3n) is 6.67. The van der Waals surface area contributed by atoms with E-state index in [1.165, 1.54) is 30.3 Å². The maximum absolute atomic E-state index is 12.9. The molecule has 4 N–H and O–H groups in total. The van der Waals surface area contributed by atoms with Gasteiger partial charge in [0.1, 0.15) is 43.4 Å². The van der Waals surface area contributed by atoms with Gasteiger partial charge in [-0.1, -0.05) is 12.1 Å². The zero-order chi connectivity index (χ0) is 34.2. The van der Waals surface area contributed by atoms with Crippen LogP contribution in [0.4, 0.5) is 0 Å². The molecular weight excluding hydrogens is 620 g/mol. The van der Waals surface area contributed by atoms with Gasteiger partial charge in [0.2, 0.25) is 12.1 Å². The number of ether oxygens (including phenoxy) is 8. The predicted octanol–water partition coefficient (Wildman–Crippen LogP) is -1.14. The summed E-state index contributed by atoms with van der Waals surface area (Å²) in [6.07, 6.45) is -11.4. The number of aliphatic hydroxyl groups is 3. The summed E-state index contributed by atoms with van der Waals surface area (Å²) < 4.78 is 43.7. The smallest absolute Gasteiger partial charge is 0.331 e. The van der Waals surface area contributed by atoms with Crippen LogP contribution < -0.4 is 0 Å². The molecule has 0 bridgehead atoms. The van der Waals surface area contributed by atoms with E-state index in [9.17, 15) is 44.4 Å². The van der Waals surface area contributed by atoms with Crippen LogP contribution in [0.2, 0.25) is 0 Å². The van der Waals surface area contributed by atoms with Crippen molar-refractivity contribution in [3.05, 3.63) is 35.9 Å². The fraction of sp³-hybridized carbons (Fsp3) is 0.552. The lowest BCUT2D eigenvalue weighted by Gasteiger charge is -2.45. The Kier molecular flexibility index (Phi) is 12.6. The standard InChI is InChI=1S/C29H36O17/c1-14(31)39-12-21-23(37)25(41-16(3)33)26(42-17(4)34)28(43-21)46-29(13-40-15(2)32)27(24(38)20(11-30)45-29)44-22(36)10-7-18-5-8-19(35)9-6-18/h5-10,20-21,23-28,30,35,37-38H,11-13H2,1-4H3/b10-7+/t20-,21-,23-,24-,25+,26-,27+,28-,29+/m1/s1. The lowest BCUT2D eigenvalue weighted by atomic mass is 9.98. The monoisotopic (exact) mass is 656 g/mol. The first-order valence-corrected chi connectivity index (χ1v) is 13.9. The summed E-state index contributed by atoms with van der Waals surface area (Å²) in [5.74, 6) is -7.02. The predicted molar refractivity (Wildman–Crippen MR) is 148 cm³/mol. The van der Waals surface area contributed by atoms with Crippen LogP contribution in [-0.2, 0) is 61.9 Å². The van der Waals surface area contributed by atoms with Crippen molar-refractivity contribution < 1.29 is 82.3 Å². The highest BCUT2D eigenvalue weighted by molar-refractivity contribution is 5.87. The molecule has 1 aromatic carbocycles. The van der Waals surface area contributed by atoms with Crippen molar-refractivity contribution in [2.45, 2.75) is 82.5 Å². The molecule has 0 aliphatic carbocycles. The molecule has 2 fully saturated rings. The van der Waals surface area contributed by atoms with Crippen molar-refractivity contribution in [2.24, 2.45) is 0 Å². The molecule has 2 aliphatic heterocycles. The molecule has 2 saturated heterocycles. The highest BCUT2D eigenvalue weighted by Gasteiger charge is 2.62. The first kappa shape index (κ1) is 36.3. The number of carbonyl (C=O) groups excluding carboxylic acids is 5. The van der Waals surface area contributed by atoms with E-state index in [0.29, 0.717) is 5.56 Å². The molecule has 0 amide bonds. The minimum atomic E-state index is -2.47. The summed E-state index contributed by atoms with van der Waals surface area (Å²) in [4.78, 5) is 60.4. The Morgan fingerprint density at radius 1 is 0.826 bits per heavy atom. The van der Waals surface area contributed by atoms with Gasteiger partial charge in [-0.3, -0.25) is 19.2 Å². The fourth-order valence-corrected chi connectivity index (χ4v) is 4.68. The second kappa shape index (κ2) is 15.9. The van der Waals surface area contributed by atoms with Gasteiger partial charge >= 0.3 is 29.8 Å². The van der Waals surface area contributed by atoms with Crippen molar-refractivity contribution in [1.82, 2.24) is 0 Å². The topological polar surface area (TPSA) is 240 Å². The molecule has 0 saturated carbocycles. The van der Waals surface area contributed by atoms with E-state index in [4.69, 9.17) is 37.9 Å². The normalized spacial score (nSPS) is 30.8. The zero-order valence-corrected chi connectivity index (χ0v) is 25.3. The second-order valence-corrected chi connectivity index (χ2v) is 10.3. The van der Waals surface area contributed by atoms with E-state index in [-0.39, 0.29) is 5.75 Å². The SMILES string of the molecule is CC(=O)OC[C@H]1O[C@H](O[C@]2(COC(C)=O)O[C@H](CO)[C@@H](O)[C@@H]2OC(=O)/C=C/c2ccc(O)cc2)[C@H](OC(C)=O)[C@@H](OC(C)=O)[C@@H]1O. The van der Waals surface area contributed by atoms with Crippen LogP contribution in [0.5, 0.6) is 5.75 Å². The summed E-state index contributed by atoms with van der Waals surface area (Å²) in [6, 6.07) is 5.75. The lowest BCUT2D eigenvalue weighted by molar-refractivity contribution is -0.384. The highest BCUT2D eigenvalue weighted by atomic mass is 16.8. The summed E-state index contributed by atoms with van der Waals surface area (Å²) in [6.45, 7) is 1.79. The van der Waals surface area contributed by atoms with Crippen molar-refractivity contribution in [1.29, 1.82) is 0 Å². The average molecular weight is 657 g/mol. The molecule has 0 spiro atoms. The Morgan fingerprint density at radius 3 is 2.00 bits per heavy atom. The molecule has 2 heterocycles. The van der Waals surface area contributed by atoms with Crippen LogP contribution in [0.3, 0.4) is 0 Å². The van der Waals surface area contributed by atoms with Crippen LogP contribution in [0.25, 0.3) is 6.08 Å². The minimum absolute atomic E-state index is 0.0102. The lowest BCUT2D eigenvalue weighted by Crippen LogP contribution is -2.65. The van der Waals surface area contributed by atoms with Gasteiger partial charge < -0.3 is 58.3 Å². The second-order valence-electron chi connectivity index (χ2n) is 10.3. The summed E-state index contributed by atoms with van der Waals surface area (Å²) in [5, 5.41) is 41.4. The van der Waals surface area contributed by atoms with Crippen LogP contribution in [0, 0.1) is 0 Å². The van der Waals surface area contributed by atoms with Crippen molar-refractivity contribution in [3.8, 4) is 5.75 Å². The molecule has 254 valence electrons. The molecule has 17 nitrogen and oxygen atoms in total. The Bertz CT molecular complexity index is 1280. The fourth-order valence-electron chi connectivity index (χ4n) is 4.68. The molecule has 2 aliphatic rings. The van der Waals surface area contributed by atoms with Crippen LogP contribution in [0.15, 0.2) is 30.3 Å². The number of hydrogen-bond donors (Lipinski definition) is 4. The third kappa shape index (κ3) is 9.44. The highest BCUT2D eigenvalue weighted by Crippen LogP contribution is 2.39. The van der Waals surface area contributed by atoms with Gasteiger partial charge in [-0.2, -0.15) is 0 Å². The number of carbonyl (C=O) groups is 5. The van der Waals surface area contributed by atoms with Gasteiger partial charge in [-0.15, -0.1) is 0 Å². The summed E-state index contributed by atoms with van der Waals surface area (Å²) >= 11 is 0. The van der Waals surface area contributed by atoms with Crippen molar-refractivity contribution in [2.75, 3.05) is 19.8 Å². The molecule has 17 heteroatoms. The number of phenolic OH excluding ortho intramolecular Hbond substituents is 1. The maximum Gasteiger partial charge on any atom is 0.331 e. The Labute approximate surface area is 262 Å². The zero-order valence-electron chi connectivity index (χ0n) is 25.3. The number of rotatable bonds is 12. The number of aliphatic hydroxyl groups excluding tert-OH is 3. The van der Waals surface area contributed by atoms with Gasteiger partial charge in [0.05, 0.1) is 6.61 Å². The quantitative estimate of drug-likeness (QED) is 0.118. The molecule has 0 radical (unpaired) electrons. The maximum atomic E-state index is 12.9. The first-order valence-electron chi connectivity index (χ1n) is 13.9. The van der Waals surface area contributed by atoms with Crippen LogP contribution >= 0.6 is 0 Å². The van der Waals surface area contributed by atoms with Gasteiger partial charge in [-0.25, -0.2) is 4.79 Å². The third-order valence-corrected chi connectivity index (χ3v) is 6.67. The number of phenols is 1. The number of aromatic hydroxyl groups is 1. The Morgan fingerprint density at radius 2 is 1.43 bits per heavy atom. The number of benzene rings is 1.